The summed E-state index contributed by atoms with van der Waals surface area (Å²) in [5.74, 6) is -1.43. The van der Waals surface area contributed by atoms with Gasteiger partial charge in [0.05, 0.1) is 12.6 Å². The fourth-order valence-corrected chi connectivity index (χ4v) is 1.13. The zero-order valence-electron chi connectivity index (χ0n) is 9.97. The van der Waals surface area contributed by atoms with Gasteiger partial charge in [-0.2, -0.15) is 0 Å². The van der Waals surface area contributed by atoms with E-state index in [1.165, 1.54) is 12.0 Å². The fourth-order valence-electron chi connectivity index (χ4n) is 1.13. The Bertz CT molecular complexity index is 243. The maximum absolute atomic E-state index is 11.8. The van der Waals surface area contributed by atoms with E-state index < -0.39 is 12.0 Å². The molecular formula is C10H20N2O4. The second-order valence-corrected chi connectivity index (χ2v) is 3.92. The van der Waals surface area contributed by atoms with Crippen LogP contribution in [-0.2, 0) is 14.3 Å². The Morgan fingerprint density at radius 3 is 2.38 bits per heavy atom. The number of carbonyl (C=O) groups is 2. The number of ether oxygens (including phenoxy) is 1. The van der Waals surface area contributed by atoms with Gasteiger partial charge in [0.2, 0.25) is 5.91 Å². The Hall–Kier alpha value is -1.14. The highest BCUT2D eigenvalue weighted by atomic mass is 16.5. The molecule has 0 aliphatic rings. The smallest absolute Gasteiger partial charge is 0.323 e. The average molecular weight is 232 g/mol. The average Bonchev–Trinajstić information content (AvgIpc) is 2.21. The molecule has 0 aromatic rings. The highest BCUT2D eigenvalue weighted by Gasteiger charge is 2.24. The summed E-state index contributed by atoms with van der Waals surface area (Å²) in [4.78, 5) is 23.6. The van der Waals surface area contributed by atoms with Crippen molar-refractivity contribution >= 4 is 11.9 Å². The summed E-state index contributed by atoms with van der Waals surface area (Å²) in [7, 11) is 1.49. The van der Waals surface area contributed by atoms with Crippen LogP contribution < -0.4 is 5.73 Å². The van der Waals surface area contributed by atoms with Crippen LogP contribution in [0.5, 0.6) is 0 Å². The predicted octanol–water partition coefficient (Wildman–Crippen LogP) is -0.471. The highest BCUT2D eigenvalue weighted by molar-refractivity contribution is 5.85. The van der Waals surface area contributed by atoms with Gasteiger partial charge in [-0.3, -0.25) is 9.59 Å². The largest absolute Gasteiger partial charge is 0.480 e. The van der Waals surface area contributed by atoms with Gasteiger partial charge < -0.3 is 20.5 Å². The summed E-state index contributed by atoms with van der Waals surface area (Å²) in [5.41, 5.74) is 5.68. The predicted molar refractivity (Wildman–Crippen MR) is 58.9 cm³/mol. The van der Waals surface area contributed by atoms with Crippen LogP contribution in [0.1, 0.15) is 13.8 Å². The number of hydrogen-bond acceptors (Lipinski definition) is 4. The van der Waals surface area contributed by atoms with Crippen LogP contribution in [0.25, 0.3) is 0 Å². The van der Waals surface area contributed by atoms with E-state index in [-0.39, 0.29) is 24.9 Å². The van der Waals surface area contributed by atoms with Crippen LogP contribution in [0, 0.1) is 5.92 Å². The quantitative estimate of drug-likeness (QED) is 0.619. The zero-order valence-corrected chi connectivity index (χ0v) is 9.97. The van der Waals surface area contributed by atoms with Crippen molar-refractivity contribution in [1.82, 2.24) is 4.90 Å². The highest BCUT2D eigenvalue weighted by Crippen LogP contribution is 2.03. The van der Waals surface area contributed by atoms with E-state index in [9.17, 15) is 9.59 Å². The lowest BCUT2D eigenvalue weighted by Gasteiger charge is -2.25. The molecule has 3 N–H and O–H groups in total. The number of amides is 1. The van der Waals surface area contributed by atoms with Crippen LogP contribution in [0.2, 0.25) is 0 Å². The molecule has 6 heteroatoms. The fraction of sp³-hybridized carbons (Fsp3) is 0.800. The van der Waals surface area contributed by atoms with Gasteiger partial charge in [0.25, 0.3) is 0 Å². The Labute approximate surface area is 95.4 Å². The molecule has 1 amide bonds. The molecule has 0 rings (SSSR count). The Morgan fingerprint density at radius 1 is 1.44 bits per heavy atom. The number of rotatable bonds is 7. The minimum atomic E-state index is -1.06. The monoisotopic (exact) mass is 232 g/mol. The molecule has 1 atom stereocenters. The molecule has 0 aromatic carbocycles. The molecule has 16 heavy (non-hydrogen) atoms. The third kappa shape index (κ3) is 5.09. The second-order valence-electron chi connectivity index (χ2n) is 3.92. The normalized spacial score (nSPS) is 12.6. The summed E-state index contributed by atoms with van der Waals surface area (Å²) >= 11 is 0. The molecule has 6 nitrogen and oxygen atoms in total. The molecule has 0 radical (unpaired) electrons. The number of carboxylic acids is 1. The van der Waals surface area contributed by atoms with Crippen molar-refractivity contribution in [2.75, 3.05) is 26.8 Å². The molecule has 1 unspecified atom stereocenters. The first-order valence-electron chi connectivity index (χ1n) is 5.15. The van der Waals surface area contributed by atoms with Gasteiger partial charge in [-0.05, 0) is 5.92 Å². The van der Waals surface area contributed by atoms with E-state index in [1.54, 1.807) is 0 Å². The minimum absolute atomic E-state index is 0.0219. The maximum atomic E-state index is 11.8. The van der Waals surface area contributed by atoms with Gasteiger partial charge in [0.1, 0.15) is 6.54 Å². The van der Waals surface area contributed by atoms with Crippen molar-refractivity contribution in [3.8, 4) is 0 Å². The Balaban J connectivity index is 4.48. The number of nitrogens with zero attached hydrogens (tertiary/aromatic N) is 1. The first-order chi connectivity index (χ1) is 7.40. The first kappa shape index (κ1) is 14.9. The van der Waals surface area contributed by atoms with Crippen molar-refractivity contribution in [2.24, 2.45) is 11.7 Å². The first-order valence-corrected chi connectivity index (χ1v) is 5.15. The van der Waals surface area contributed by atoms with Gasteiger partial charge in [0.15, 0.2) is 0 Å². The summed E-state index contributed by atoms with van der Waals surface area (Å²) in [6.45, 7) is 3.82. The van der Waals surface area contributed by atoms with E-state index in [1.807, 2.05) is 13.8 Å². The topological polar surface area (TPSA) is 92.9 Å². The van der Waals surface area contributed by atoms with Gasteiger partial charge in [-0.15, -0.1) is 0 Å². The van der Waals surface area contributed by atoms with E-state index in [0.717, 1.165) is 0 Å². The third-order valence-electron chi connectivity index (χ3n) is 2.21. The van der Waals surface area contributed by atoms with Crippen LogP contribution in [0.3, 0.4) is 0 Å². The van der Waals surface area contributed by atoms with Gasteiger partial charge in [-0.25, -0.2) is 0 Å². The Morgan fingerprint density at radius 2 is 2.00 bits per heavy atom. The maximum Gasteiger partial charge on any atom is 0.323 e. The van der Waals surface area contributed by atoms with Gasteiger partial charge >= 0.3 is 5.97 Å². The molecule has 0 aliphatic heterocycles. The standard InChI is InChI=1S/C10H20N2O4/c1-7(2)9(11)10(15)12(4-5-16-3)6-8(13)14/h7,9H,4-6,11H2,1-3H3,(H,13,14). The van der Waals surface area contributed by atoms with Crippen LogP contribution in [0.15, 0.2) is 0 Å². The third-order valence-corrected chi connectivity index (χ3v) is 2.21. The van der Waals surface area contributed by atoms with E-state index in [4.69, 9.17) is 15.6 Å². The van der Waals surface area contributed by atoms with Crippen LogP contribution >= 0.6 is 0 Å². The van der Waals surface area contributed by atoms with Crippen molar-refractivity contribution in [1.29, 1.82) is 0 Å². The zero-order chi connectivity index (χ0) is 12.7. The van der Waals surface area contributed by atoms with Crippen LogP contribution in [-0.4, -0.2) is 54.7 Å². The molecule has 0 saturated carbocycles. The number of hydrogen-bond donors (Lipinski definition) is 2. The number of methoxy groups -OCH3 is 1. The second kappa shape index (κ2) is 7.19. The molecule has 0 fully saturated rings. The molecule has 0 spiro atoms. The molecule has 0 aromatic heterocycles. The Kier molecular flexibility index (Phi) is 6.67. The summed E-state index contributed by atoms with van der Waals surface area (Å²) in [6, 6.07) is -0.670. The molecule has 94 valence electrons. The molecule has 0 aliphatic carbocycles. The van der Waals surface area contributed by atoms with E-state index in [0.29, 0.717) is 6.61 Å². The minimum Gasteiger partial charge on any atom is -0.480 e. The lowest BCUT2D eigenvalue weighted by molar-refractivity contribution is -0.145. The molecular weight excluding hydrogens is 212 g/mol. The van der Waals surface area contributed by atoms with E-state index in [2.05, 4.69) is 0 Å². The molecule has 0 saturated heterocycles. The lowest BCUT2D eigenvalue weighted by Crippen LogP contribution is -2.49. The van der Waals surface area contributed by atoms with Crippen molar-refractivity contribution in [2.45, 2.75) is 19.9 Å². The van der Waals surface area contributed by atoms with Crippen molar-refractivity contribution < 1.29 is 19.4 Å². The van der Waals surface area contributed by atoms with Crippen molar-refractivity contribution in [3.05, 3.63) is 0 Å². The lowest BCUT2D eigenvalue weighted by atomic mass is 10.0. The summed E-state index contributed by atoms with van der Waals surface area (Å²) in [5, 5.41) is 8.68. The number of carbonyl (C=O) groups excluding carboxylic acids is 1. The van der Waals surface area contributed by atoms with E-state index >= 15 is 0 Å². The molecule has 0 bridgehead atoms. The summed E-state index contributed by atoms with van der Waals surface area (Å²) < 4.78 is 4.82. The number of aliphatic carboxylic acids is 1. The van der Waals surface area contributed by atoms with Gasteiger partial charge in [0, 0.05) is 13.7 Å². The van der Waals surface area contributed by atoms with Crippen LogP contribution in [0.4, 0.5) is 0 Å². The number of nitrogens with two attached hydrogens (primary N) is 1. The van der Waals surface area contributed by atoms with Gasteiger partial charge in [-0.1, -0.05) is 13.8 Å². The number of carboxylic acid groups (broad SMARTS) is 1. The summed E-state index contributed by atoms with van der Waals surface area (Å²) in [6.07, 6.45) is 0. The van der Waals surface area contributed by atoms with Crippen molar-refractivity contribution in [3.63, 3.8) is 0 Å². The SMILES string of the molecule is COCCN(CC(=O)O)C(=O)C(N)C(C)C. The molecule has 0 heterocycles.